The van der Waals surface area contributed by atoms with Crippen molar-refractivity contribution in [2.24, 2.45) is 0 Å². The number of benzene rings is 1. The molecular weight excluding hydrogens is 501 g/mol. The predicted octanol–water partition coefficient (Wildman–Crippen LogP) is 4.09. The quantitative estimate of drug-likeness (QED) is 0.330. The third-order valence-electron chi connectivity index (χ3n) is 5.85. The first-order chi connectivity index (χ1) is 18.2. The third-order valence-corrected chi connectivity index (χ3v) is 5.85. The molecule has 0 saturated heterocycles. The Balaban J connectivity index is 1.43. The lowest BCUT2D eigenvalue weighted by Gasteiger charge is -2.10. The summed E-state index contributed by atoms with van der Waals surface area (Å²) in [5.74, 6) is -0.652. The highest BCUT2D eigenvalue weighted by atomic mass is 19.4. The largest absolute Gasteiger partial charge is 0.480 e. The van der Waals surface area contributed by atoms with Crippen LogP contribution in [-0.4, -0.2) is 42.2 Å². The van der Waals surface area contributed by atoms with Crippen LogP contribution in [0.25, 0.3) is 16.8 Å². The van der Waals surface area contributed by atoms with Gasteiger partial charge in [-0.2, -0.15) is 18.3 Å². The second-order valence-electron chi connectivity index (χ2n) is 8.31. The Hall–Kier alpha value is -4.94. The van der Waals surface area contributed by atoms with Crippen LogP contribution in [0, 0.1) is 0 Å². The van der Waals surface area contributed by atoms with Gasteiger partial charge in [0, 0.05) is 24.5 Å². The van der Waals surface area contributed by atoms with Gasteiger partial charge in [-0.15, -0.1) is 0 Å². The first-order valence-corrected chi connectivity index (χ1v) is 11.4. The summed E-state index contributed by atoms with van der Waals surface area (Å²) in [7, 11) is 1.33. The zero-order chi connectivity index (χ0) is 26.9. The molecule has 4 aromatic heterocycles. The summed E-state index contributed by atoms with van der Waals surface area (Å²) < 4.78 is 49.2. The molecule has 0 fully saturated rings. The fraction of sp³-hybridized carbons (Fsp3) is 0.160. The van der Waals surface area contributed by atoms with Crippen LogP contribution in [0.1, 0.15) is 21.5 Å². The Kier molecular flexibility index (Phi) is 6.41. The average molecular weight is 522 g/mol. The van der Waals surface area contributed by atoms with Gasteiger partial charge in [-0.05, 0) is 24.1 Å². The van der Waals surface area contributed by atoms with Gasteiger partial charge in [-0.25, -0.2) is 19.5 Å². The number of ether oxygens (including phenoxy) is 1. The molecule has 1 aromatic carbocycles. The molecule has 0 aliphatic carbocycles. The van der Waals surface area contributed by atoms with Gasteiger partial charge >= 0.3 is 6.18 Å². The van der Waals surface area contributed by atoms with E-state index in [0.717, 1.165) is 28.9 Å². The number of nitrogens with zero attached hydrogens (tertiary/aromatic N) is 6. The number of methoxy groups -OCH3 is 1. The summed E-state index contributed by atoms with van der Waals surface area (Å²) in [6.45, 7) is 0.654. The number of rotatable bonds is 7. The maximum atomic E-state index is 13.7. The number of halogens is 3. The van der Waals surface area contributed by atoms with Crippen molar-refractivity contribution in [1.82, 2.24) is 29.1 Å². The number of alkyl halides is 3. The van der Waals surface area contributed by atoms with Crippen LogP contribution >= 0.6 is 0 Å². The summed E-state index contributed by atoms with van der Waals surface area (Å²) in [6.07, 6.45) is 1.69. The minimum Gasteiger partial charge on any atom is -0.480 e. The van der Waals surface area contributed by atoms with Crippen molar-refractivity contribution < 1.29 is 22.7 Å². The van der Waals surface area contributed by atoms with E-state index in [2.05, 4.69) is 25.4 Å². The number of nitrogens with one attached hydrogen (secondary N) is 1. The monoisotopic (exact) mass is 522 g/mol. The van der Waals surface area contributed by atoms with Gasteiger partial charge in [0.15, 0.2) is 11.6 Å². The number of pyridine rings is 1. The van der Waals surface area contributed by atoms with Crippen LogP contribution in [0.4, 0.5) is 24.8 Å². The molecule has 10 nitrogen and oxygen atoms in total. The highest BCUT2D eigenvalue weighted by molar-refractivity contribution is 6.06. The lowest BCUT2D eigenvalue weighted by molar-refractivity contribution is -0.136. The summed E-state index contributed by atoms with van der Waals surface area (Å²) >= 11 is 0. The number of hydrogen-bond acceptors (Lipinski definition) is 7. The molecule has 5 aromatic rings. The van der Waals surface area contributed by atoms with Gasteiger partial charge in [0.25, 0.3) is 5.91 Å². The van der Waals surface area contributed by atoms with Crippen molar-refractivity contribution in [2.45, 2.75) is 19.1 Å². The number of aryl methyl sites for hydroxylation is 2. The minimum absolute atomic E-state index is 0.00521. The maximum Gasteiger partial charge on any atom is 0.418 e. The van der Waals surface area contributed by atoms with Crippen LogP contribution < -0.4 is 15.8 Å². The molecule has 0 spiro atoms. The molecule has 0 saturated carbocycles. The van der Waals surface area contributed by atoms with E-state index < -0.39 is 23.2 Å². The molecule has 0 aliphatic rings. The van der Waals surface area contributed by atoms with E-state index in [1.807, 2.05) is 34.9 Å². The number of hydrogen-bond donors (Lipinski definition) is 2. The molecule has 0 radical (unpaired) electrons. The average Bonchev–Trinajstić information content (AvgIpc) is 3.53. The molecule has 0 bridgehead atoms. The van der Waals surface area contributed by atoms with E-state index in [1.54, 1.807) is 12.5 Å². The van der Waals surface area contributed by atoms with E-state index >= 15 is 0 Å². The lowest BCUT2D eigenvalue weighted by Crippen LogP contribution is -2.14. The fourth-order valence-electron chi connectivity index (χ4n) is 4.04. The van der Waals surface area contributed by atoms with Crippen molar-refractivity contribution >= 4 is 23.1 Å². The fourth-order valence-corrected chi connectivity index (χ4v) is 4.04. The molecule has 0 unspecified atom stereocenters. The Bertz CT molecular complexity index is 1610. The smallest absolute Gasteiger partial charge is 0.418 e. The van der Waals surface area contributed by atoms with Gasteiger partial charge in [0.2, 0.25) is 5.88 Å². The number of amides is 1. The summed E-state index contributed by atoms with van der Waals surface area (Å²) in [6, 6.07) is 12.2. The van der Waals surface area contributed by atoms with Crippen molar-refractivity contribution in [3.63, 3.8) is 0 Å². The number of aromatic nitrogens is 6. The normalized spacial score (nSPS) is 11.6. The molecular formula is C25H21F3N8O2. The Morgan fingerprint density at radius 1 is 1.13 bits per heavy atom. The first-order valence-electron chi connectivity index (χ1n) is 11.4. The van der Waals surface area contributed by atoms with Gasteiger partial charge in [-0.1, -0.05) is 30.3 Å². The number of carbonyl (C=O) groups is 1. The van der Waals surface area contributed by atoms with Crippen molar-refractivity contribution in [2.75, 3.05) is 18.2 Å². The van der Waals surface area contributed by atoms with Crippen LogP contribution in [0.15, 0.2) is 67.5 Å². The molecule has 4 heterocycles. The Morgan fingerprint density at radius 2 is 1.92 bits per heavy atom. The SMILES string of the molecule is COc1ncc(-c2cc(C(F)(F)F)c3c(N)ncnn23)cc1C(=O)Nc1cn(CCc2ccccc2)cn1. The summed E-state index contributed by atoms with van der Waals surface area (Å²) in [4.78, 5) is 25.2. The van der Waals surface area contributed by atoms with Crippen molar-refractivity contribution in [3.8, 4) is 17.1 Å². The standard InChI is InChI=1S/C25H21F3N8O2/c1-38-24-17(23(37)34-20-12-35(14-32-20)8-7-15-5-3-2-4-6-15)9-16(11-30-24)19-10-18(25(26,27)28)21-22(29)31-13-33-36(19)21/h2-6,9-14H,7-8H2,1H3,(H,34,37)(H2,29,31,33). The third kappa shape index (κ3) is 4.85. The van der Waals surface area contributed by atoms with Crippen LogP contribution in [0.5, 0.6) is 5.88 Å². The highest BCUT2D eigenvalue weighted by Gasteiger charge is 2.36. The van der Waals surface area contributed by atoms with Gasteiger partial charge in [-0.3, -0.25) is 4.79 Å². The second kappa shape index (κ2) is 9.84. The zero-order valence-corrected chi connectivity index (χ0v) is 20.0. The van der Waals surface area contributed by atoms with Gasteiger partial charge < -0.3 is 20.4 Å². The number of anilines is 2. The molecule has 1 amide bonds. The summed E-state index contributed by atoms with van der Waals surface area (Å²) in [5, 5.41) is 6.62. The zero-order valence-electron chi connectivity index (χ0n) is 20.0. The van der Waals surface area contributed by atoms with Crippen molar-refractivity contribution in [3.05, 3.63) is 84.2 Å². The van der Waals surface area contributed by atoms with E-state index in [0.29, 0.717) is 12.4 Å². The minimum atomic E-state index is -4.71. The van der Waals surface area contributed by atoms with Crippen LogP contribution in [0.2, 0.25) is 0 Å². The first kappa shape index (κ1) is 24.7. The van der Waals surface area contributed by atoms with E-state index in [-0.39, 0.29) is 28.5 Å². The van der Waals surface area contributed by atoms with Gasteiger partial charge in [0.1, 0.15) is 17.4 Å². The molecule has 3 N–H and O–H groups in total. The van der Waals surface area contributed by atoms with E-state index in [9.17, 15) is 18.0 Å². The number of nitrogens with two attached hydrogens (primary N) is 1. The van der Waals surface area contributed by atoms with Crippen LogP contribution in [0.3, 0.4) is 0 Å². The molecule has 0 atom stereocenters. The molecule has 5 rings (SSSR count). The predicted molar refractivity (Wildman–Crippen MR) is 133 cm³/mol. The molecule has 194 valence electrons. The topological polar surface area (TPSA) is 125 Å². The number of imidazole rings is 1. The number of fused-ring (bicyclic) bond motifs is 1. The van der Waals surface area contributed by atoms with Crippen molar-refractivity contribution in [1.29, 1.82) is 0 Å². The Morgan fingerprint density at radius 3 is 2.66 bits per heavy atom. The van der Waals surface area contributed by atoms with Crippen LogP contribution in [-0.2, 0) is 19.1 Å². The Labute approximate surface area is 213 Å². The van der Waals surface area contributed by atoms with Gasteiger partial charge in [0.05, 0.1) is 24.7 Å². The van der Waals surface area contributed by atoms with E-state index in [4.69, 9.17) is 10.5 Å². The van der Waals surface area contributed by atoms with E-state index in [1.165, 1.54) is 19.4 Å². The lowest BCUT2D eigenvalue weighted by atomic mass is 10.1. The maximum absolute atomic E-state index is 13.7. The molecule has 13 heteroatoms. The number of nitrogen functional groups attached to an aromatic ring is 1. The summed E-state index contributed by atoms with van der Waals surface area (Å²) in [5.41, 5.74) is 5.71. The highest BCUT2D eigenvalue weighted by Crippen LogP contribution is 2.39. The molecule has 0 aliphatic heterocycles. The number of carbonyl (C=O) groups excluding carboxylic acids is 1. The molecule has 38 heavy (non-hydrogen) atoms. The second-order valence-corrected chi connectivity index (χ2v) is 8.31.